The van der Waals surface area contributed by atoms with Gasteiger partial charge in [0.1, 0.15) is 12.1 Å². The predicted molar refractivity (Wildman–Crippen MR) is 166 cm³/mol. The largest absolute Gasteiger partial charge is 0.351 e. The van der Waals surface area contributed by atoms with Crippen LogP contribution < -0.4 is 10.6 Å². The molecule has 0 aromatic heterocycles. The molecule has 0 unspecified atom stereocenters. The summed E-state index contributed by atoms with van der Waals surface area (Å²) in [6, 6.07) is 9.49. The molecule has 222 valence electrons. The SMILES string of the molecule is CC(C)(C)C(=O)N1CSC[C@H]1C(=O)N[C@@H](CSCC1CCCCC1)C(=O)NC1CCN(Cc2ccccc2)CC1. The summed E-state index contributed by atoms with van der Waals surface area (Å²) in [4.78, 5) is 44.1. The average Bonchev–Trinajstić information content (AvgIpc) is 3.44. The van der Waals surface area contributed by atoms with Gasteiger partial charge in [-0.1, -0.05) is 70.4 Å². The van der Waals surface area contributed by atoms with E-state index >= 15 is 0 Å². The lowest BCUT2D eigenvalue weighted by molar-refractivity contribution is -0.144. The first kappa shape index (κ1) is 31.2. The second kappa shape index (κ2) is 15.0. The highest BCUT2D eigenvalue weighted by atomic mass is 32.2. The van der Waals surface area contributed by atoms with Crippen molar-refractivity contribution in [1.29, 1.82) is 0 Å². The number of carbonyl (C=O) groups excluding carboxylic acids is 3. The van der Waals surface area contributed by atoms with E-state index in [2.05, 4.69) is 39.8 Å². The van der Waals surface area contributed by atoms with Gasteiger partial charge in [0.25, 0.3) is 0 Å². The van der Waals surface area contributed by atoms with Crippen molar-refractivity contribution in [3.05, 3.63) is 35.9 Å². The van der Waals surface area contributed by atoms with Crippen molar-refractivity contribution in [3.63, 3.8) is 0 Å². The molecule has 7 nitrogen and oxygen atoms in total. The number of nitrogens with one attached hydrogen (secondary N) is 2. The second-order valence-corrected chi connectivity index (χ2v) is 14.8. The minimum atomic E-state index is -0.597. The molecular formula is C31H48N4O3S2. The second-order valence-electron chi connectivity index (χ2n) is 12.7. The number of hydrogen-bond donors (Lipinski definition) is 2. The first-order valence-electron chi connectivity index (χ1n) is 15.0. The highest BCUT2D eigenvalue weighted by Gasteiger charge is 2.40. The van der Waals surface area contributed by atoms with E-state index in [-0.39, 0.29) is 23.8 Å². The average molecular weight is 589 g/mol. The van der Waals surface area contributed by atoms with Crippen LogP contribution >= 0.6 is 23.5 Å². The van der Waals surface area contributed by atoms with Gasteiger partial charge in [-0.15, -0.1) is 11.8 Å². The number of carbonyl (C=O) groups is 3. The van der Waals surface area contributed by atoms with Gasteiger partial charge < -0.3 is 15.5 Å². The van der Waals surface area contributed by atoms with E-state index in [4.69, 9.17) is 0 Å². The van der Waals surface area contributed by atoms with Gasteiger partial charge in [-0.25, -0.2) is 0 Å². The van der Waals surface area contributed by atoms with Crippen LogP contribution in [0.25, 0.3) is 0 Å². The Bertz CT molecular complexity index is 973. The van der Waals surface area contributed by atoms with E-state index in [9.17, 15) is 14.4 Å². The highest BCUT2D eigenvalue weighted by molar-refractivity contribution is 7.99. The van der Waals surface area contributed by atoms with E-state index in [0.717, 1.165) is 38.2 Å². The standard InChI is InChI=1S/C31H48N4O3S2/c1-31(2,3)30(38)35-22-40-21-27(35)29(37)33-26(20-39-19-24-12-8-5-9-13-24)28(36)32-25-14-16-34(17-15-25)18-23-10-6-4-7-11-23/h4,6-7,10-11,24-27H,5,8-9,12-22H2,1-3H3,(H,32,36)(H,33,37)/t26-,27-/m0/s1. The molecule has 3 fully saturated rings. The van der Waals surface area contributed by atoms with Crippen molar-refractivity contribution in [2.24, 2.45) is 11.3 Å². The Labute approximate surface area is 249 Å². The summed E-state index contributed by atoms with van der Waals surface area (Å²) in [7, 11) is 0. The minimum absolute atomic E-state index is 0.0208. The third kappa shape index (κ3) is 9.15. The third-order valence-corrected chi connectivity index (χ3v) is 10.6. The van der Waals surface area contributed by atoms with Crippen molar-refractivity contribution in [2.45, 2.75) is 90.4 Å². The number of rotatable bonds is 10. The van der Waals surface area contributed by atoms with Crippen molar-refractivity contribution in [1.82, 2.24) is 20.4 Å². The summed E-state index contributed by atoms with van der Waals surface area (Å²) in [5.74, 6) is 3.06. The highest BCUT2D eigenvalue weighted by Crippen LogP contribution is 2.29. The molecule has 0 spiro atoms. The molecule has 1 saturated carbocycles. The van der Waals surface area contributed by atoms with Gasteiger partial charge >= 0.3 is 0 Å². The normalized spacial score (nSPS) is 22.2. The van der Waals surface area contributed by atoms with Crippen molar-refractivity contribution in [3.8, 4) is 0 Å². The molecular weight excluding hydrogens is 541 g/mol. The molecule has 3 amide bonds. The molecule has 2 atom stereocenters. The fourth-order valence-electron chi connectivity index (χ4n) is 5.83. The molecule has 2 saturated heterocycles. The molecule has 4 rings (SSSR count). The van der Waals surface area contributed by atoms with Crippen LogP contribution in [0.4, 0.5) is 0 Å². The maximum atomic E-state index is 13.6. The Hall–Kier alpha value is -1.71. The summed E-state index contributed by atoms with van der Waals surface area (Å²) in [6.45, 7) is 8.47. The number of piperidine rings is 1. The number of thioether (sulfide) groups is 2. The number of benzene rings is 1. The Morgan fingerprint density at radius 1 is 1.02 bits per heavy atom. The number of amides is 3. The third-order valence-electron chi connectivity index (χ3n) is 8.27. The molecule has 1 aromatic rings. The van der Waals surface area contributed by atoms with Crippen LogP contribution in [0.5, 0.6) is 0 Å². The van der Waals surface area contributed by atoms with Crippen LogP contribution in [0.2, 0.25) is 0 Å². The fraction of sp³-hybridized carbons (Fsp3) is 0.710. The summed E-state index contributed by atoms with van der Waals surface area (Å²) in [5.41, 5.74) is 0.762. The van der Waals surface area contributed by atoms with Crippen LogP contribution in [0.15, 0.2) is 30.3 Å². The van der Waals surface area contributed by atoms with Crippen LogP contribution in [-0.2, 0) is 20.9 Å². The lowest BCUT2D eigenvalue weighted by Gasteiger charge is -2.34. The molecule has 40 heavy (non-hydrogen) atoms. The maximum absolute atomic E-state index is 13.6. The number of hydrogen-bond acceptors (Lipinski definition) is 6. The molecule has 3 aliphatic rings. The molecule has 0 radical (unpaired) electrons. The van der Waals surface area contributed by atoms with E-state index < -0.39 is 17.5 Å². The smallest absolute Gasteiger partial charge is 0.244 e. The van der Waals surface area contributed by atoms with E-state index in [1.165, 1.54) is 37.7 Å². The zero-order chi connectivity index (χ0) is 28.5. The maximum Gasteiger partial charge on any atom is 0.244 e. The van der Waals surface area contributed by atoms with Gasteiger partial charge in [-0.3, -0.25) is 19.3 Å². The quantitative estimate of drug-likeness (QED) is 0.419. The summed E-state index contributed by atoms with van der Waals surface area (Å²) < 4.78 is 0. The van der Waals surface area contributed by atoms with Gasteiger partial charge in [0, 0.05) is 42.6 Å². The molecule has 9 heteroatoms. The van der Waals surface area contributed by atoms with Gasteiger partial charge in [-0.05, 0) is 42.9 Å². The molecule has 2 heterocycles. The first-order chi connectivity index (χ1) is 19.2. The van der Waals surface area contributed by atoms with Gasteiger partial charge in [0.05, 0.1) is 5.88 Å². The number of likely N-dealkylation sites (tertiary alicyclic amines) is 1. The fourth-order valence-corrected chi connectivity index (χ4v) is 8.25. The van der Waals surface area contributed by atoms with Gasteiger partial charge in [-0.2, -0.15) is 11.8 Å². The predicted octanol–water partition coefficient (Wildman–Crippen LogP) is 4.51. The van der Waals surface area contributed by atoms with Crippen LogP contribution in [-0.4, -0.2) is 81.9 Å². The molecule has 2 aliphatic heterocycles. The van der Waals surface area contributed by atoms with Crippen LogP contribution in [0.3, 0.4) is 0 Å². The zero-order valence-electron chi connectivity index (χ0n) is 24.5. The van der Waals surface area contributed by atoms with Crippen LogP contribution in [0, 0.1) is 11.3 Å². The van der Waals surface area contributed by atoms with Crippen molar-refractivity contribution < 1.29 is 14.4 Å². The van der Waals surface area contributed by atoms with E-state index in [1.807, 2.05) is 26.8 Å². The zero-order valence-corrected chi connectivity index (χ0v) is 26.2. The van der Waals surface area contributed by atoms with Crippen molar-refractivity contribution in [2.75, 3.05) is 36.2 Å². The summed E-state index contributed by atoms with van der Waals surface area (Å²) in [6.07, 6.45) is 8.26. The Kier molecular flexibility index (Phi) is 11.7. The Balaban J connectivity index is 1.33. The molecule has 1 aromatic carbocycles. The minimum Gasteiger partial charge on any atom is -0.351 e. The lowest BCUT2D eigenvalue weighted by atomic mass is 9.91. The lowest BCUT2D eigenvalue weighted by Crippen LogP contribution is -2.57. The van der Waals surface area contributed by atoms with Gasteiger partial charge in [0.15, 0.2) is 0 Å². The summed E-state index contributed by atoms with van der Waals surface area (Å²) in [5, 5.41) is 6.34. The van der Waals surface area contributed by atoms with Gasteiger partial charge in [0.2, 0.25) is 17.7 Å². The van der Waals surface area contributed by atoms with Crippen LogP contribution in [0.1, 0.15) is 71.3 Å². The molecule has 0 bridgehead atoms. The molecule has 2 N–H and O–H groups in total. The van der Waals surface area contributed by atoms with E-state index in [0.29, 0.717) is 23.3 Å². The Morgan fingerprint density at radius 3 is 2.40 bits per heavy atom. The van der Waals surface area contributed by atoms with E-state index in [1.54, 1.807) is 28.4 Å². The Morgan fingerprint density at radius 2 is 1.73 bits per heavy atom. The van der Waals surface area contributed by atoms with Crippen molar-refractivity contribution >= 4 is 41.2 Å². The first-order valence-corrected chi connectivity index (χ1v) is 17.3. The monoisotopic (exact) mass is 588 g/mol. The number of nitrogens with zero attached hydrogens (tertiary/aromatic N) is 2. The molecule has 1 aliphatic carbocycles. The summed E-state index contributed by atoms with van der Waals surface area (Å²) >= 11 is 3.38. The topological polar surface area (TPSA) is 81.8 Å².